The van der Waals surface area contributed by atoms with Gasteiger partial charge in [-0.25, -0.2) is 0 Å². The number of likely N-dealkylation sites (tertiary alicyclic amines) is 1. The minimum Gasteiger partial charge on any atom is -0.297 e. The van der Waals surface area contributed by atoms with E-state index in [0.717, 1.165) is 6.04 Å². The highest BCUT2D eigenvalue weighted by atomic mass is 15.3. The Morgan fingerprint density at radius 2 is 1.21 bits per heavy atom. The zero-order valence-electron chi connectivity index (χ0n) is 13.9. The number of piperazine rings is 1. The Kier molecular flexibility index (Phi) is 4.29. The molecule has 0 aliphatic carbocycles. The molecule has 0 bridgehead atoms. The van der Waals surface area contributed by atoms with Crippen LogP contribution in [0.1, 0.15) is 48.0 Å². The lowest BCUT2D eigenvalue weighted by atomic mass is 10.0. The molecule has 2 rings (SSSR count). The van der Waals surface area contributed by atoms with E-state index < -0.39 is 0 Å². The van der Waals surface area contributed by atoms with Crippen LogP contribution in [0.25, 0.3) is 0 Å². The quantitative estimate of drug-likeness (QED) is 0.722. The van der Waals surface area contributed by atoms with E-state index in [1.165, 1.54) is 45.7 Å². The average Bonchev–Trinajstić information content (AvgIpc) is 2.77. The van der Waals surface area contributed by atoms with Gasteiger partial charge in [0.1, 0.15) is 0 Å². The summed E-state index contributed by atoms with van der Waals surface area (Å²) < 4.78 is 0. The Hall–Kier alpha value is -0.120. The van der Waals surface area contributed by atoms with Crippen molar-refractivity contribution in [3.8, 4) is 0 Å². The van der Waals surface area contributed by atoms with E-state index in [1.54, 1.807) is 0 Å². The molecule has 3 nitrogen and oxygen atoms in total. The van der Waals surface area contributed by atoms with Gasteiger partial charge in [-0.15, -0.1) is 0 Å². The lowest BCUT2D eigenvalue weighted by Crippen LogP contribution is -2.56. The first-order valence-corrected chi connectivity index (χ1v) is 7.92. The average molecular weight is 267 g/mol. The van der Waals surface area contributed by atoms with Crippen molar-refractivity contribution in [3.63, 3.8) is 0 Å². The van der Waals surface area contributed by atoms with E-state index in [-0.39, 0.29) is 0 Å². The van der Waals surface area contributed by atoms with Gasteiger partial charge in [0, 0.05) is 56.4 Å². The van der Waals surface area contributed by atoms with Crippen molar-refractivity contribution in [2.75, 3.05) is 39.3 Å². The molecule has 0 saturated carbocycles. The van der Waals surface area contributed by atoms with E-state index in [4.69, 9.17) is 0 Å². The van der Waals surface area contributed by atoms with Crippen LogP contribution >= 0.6 is 0 Å². The summed E-state index contributed by atoms with van der Waals surface area (Å²) in [6.07, 6.45) is 1.35. The lowest BCUT2D eigenvalue weighted by Gasteiger charge is -2.44. The van der Waals surface area contributed by atoms with Gasteiger partial charge in [0.2, 0.25) is 0 Å². The van der Waals surface area contributed by atoms with Crippen LogP contribution < -0.4 is 0 Å². The molecule has 19 heavy (non-hydrogen) atoms. The van der Waals surface area contributed by atoms with Gasteiger partial charge < -0.3 is 0 Å². The molecule has 2 aliphatic rings. The van der Waals surface area contributed by atoms with Crippen LogP contribution in [0, 0.1) is 0 Å². The monoisotopic (exact) mass is 267 g/mol. The number of rotatable bonds is 1. The number of hydrogen-bond donors (Lipinski definition) is 0. The number of hydrogen-bond acceptors (Lipinski definition) is 3. The van der Waals surface area contributed by atoms with Crippen LogP contribution in [-0.4, -0.2) is 71.1 Å². The van der Waals surface area contributed by atoms with Gasteiger partial charge in [-0.3, -0.25) is 14.7 Å². The standard InChI is InChI=1S/C16H33N3/c1-15(2,3)18-11-9-17(10-12-18)14-7-8-19(13-14)16(4,5)6/h14H,7-13H2,1-6H3. The Morgan fingerprint density at radius 1 is 0.684 bits per heavy atom. The van der Waals surface area contributed by atoms with Gasteiger partial charge in [-0.2, -0.15) is 0 Å². The molecule has 0 spiro atoms. The van der Waals surface area contributed by atoms with Crippen molar-refractivity contribution in [2.24, 2.45) is 0 Å². The molecule has 1 atom stereocenters. The first kappa shape index (κ1) is 15.3. The molecule has 112 valence electrons. The normalized spacial score (nSPS) is 29.1. The molecule has 0 amide bonds. The molecule has 0 aromatic rings. The third-order valence-electron chi connectivity index (χ3n) is 4.89. The Morgan fingerprint density at radius 3 is 1.63 bits per heavy atom. The fraction of sp³-hybridized carbons (Fsp3) is 1.00. The SMILES string of the molecule is CC(C)(C)N1CCN(C2CCN(C(C)(C)C)C2)CC1. The fourth-order valence-electron chi connectivity index (χ4n) is 3.41. The molecule has 0 aromatic carbocycles. The maximum absolute atomic E-state index is 2.73. The molecule has 1 unspecified atom stereocenters. The highest BCUT2D eigenvalue weighted by Crippen LogP contribution is 2.25. The Labute approximate surface area is 119 Å². The second-order valence-electron chi connectivity index (χ2n) is 8.25. The maximum atomic E-state index is 2.73. The fourth-order valence-corrected chi connectivity index (χ4v) is 3.41. The zero-order chi connectivity index (χ0) is 14.3. The lowest BCUT2D eigenvalue weighted by molar-refractivity contribution is 0.0408. The maximum Gasteiger partial charge on any atom is 0.0236 e. The van der Waals surface area contributed by atoms with Gasteiger partial charge in [0.25, 0.3) is 0 Å². The Bertz CT molecular complexity index is 292. The summed E-state index contributed by atoms with van der Waals surface area (Å²) in [4.78, 5) is 8.00. The molecule has 2 fully saturated rings. The summed E-state index contributed by atoms with van der Waals surface area (Å²) in [6.45, 7) is 21.5. The predicted molar refractivity (Wildman–Crippen MR) is 82.6 cm³/mol. The minimum absolute atomic E-state index is 0.333. The molecule has 0 radical (unpaired) electrons. The van der Waals surface area contributed by atoms with Crippen molar-refractivity contribution >= 4 is 0 Å². The van der Waals surface area contributed by atoms with Crippen LogP contribution in [0.15, 0.2) is 0 Å². The zero-order valence-corrected chi connectivity index (χ0v) is 13.9. The molecule has 2 saturated heterocycles. The summed E-state index contributed by atoms with van der Waals surface area (Å²) >= 11 is 0. The largest absolute Gasteiger partial charge is 0.297 e. The van der Waals surface area contributed by atoms with E-state index >= 15 is 0 Å². The smallest absolute Gasteiger partial charge is 0.0236 e. The van der Waals surface area contributed by atoms with E-state index in [1.807, 2.05) is 0 Å². The second-order valence-corrected chi connectivity index (χ2v) is 8.25. The van der Waals surface area contributed by atoms with Crippen molar-refractivity contribution in [1.29, 1.82) is 0 Å². The molecule has 2 aliphatic heterocycles. The van der Waals surface area contributed by atoms with Crippen molar-refractivity contribution in [2.45, 2.75) is 65.1 Å². The second kappa shape index (κ2) is 5.34. The summed E-state index contributed by atoms with van der Waals surface area (Å²) in [5, 5.41) is 0. The first-order valence-electron chi connectivity index (χ1n) is 7.92. The van der Waals surface area contributed by atoms with E-state index in [9.17, 15) is 0 Å². The third-order valence-corrected chi connectivity index (χ3v) is 4.89. The van der Waals surface area contributed by atoms with Crippen LogP contribution in [-0.2, 0) is 0 Å². The first-order chi connectivity index (χ1) is 8.68. The molecule has 2 heterocycles. The predicted octanol–water partition coefficient (Wildman–Crippen LogP) is 2.28. The molecular formula is C16H33N3. The minimum atomic E-state index is 0.333. The van der Waals surface area contributed by atoms with Crippen LogP contribution in [0.3, 0.4) is 0 Å². The Balaban J connectivity index is 1.83. The van der Waals surface area contributed by atoms with Crippen LogP contribution in [0.2, 0.25) is 0 Å². The van der Waals surface area contributed by atoms with E-state index in [2.05, 4.69) is 56.2 Å². The van der Waals surface area contributed by atoms with Crippen molar-refractivity contribution in [1.82, 2.24) is 14.7 Å². The molecule has 0 N–H and O–H groups in total. The summed E-state index contributed by atoms with van der Waals surface area (Å²) in [7, 11) is 0. The van der Waals surface area contributed by atoms with Crippen LogP contribution in [0.5, 0.6) is 0 Å². The van der Waals surface area contributed by atoms with Gasteiger partial charge >= 0.3 is 0 Å². The molecule has 3 heteroatoms. The van der Waals surface area contributed by atoms with Gasteiger partial charge in [-0.05, 0) is 48.0 Å². The molecular weight excluding hydrogens is 234 g/mol. The topological polar surface area (TPSA) is 9.72 Å². The molecule has 0 aromatic heterocycles. The van der Waals surface area contributed by atoms with Gasteiger partial charge in [0.05, 0.1) is 0 Å². The van der Waals surface area contributed by atoms with Crippen LogP contribution in [0.4, 0.5) is 0 Å². The van der Waals surface area contributed by atoms with Crippen molar-refractivity contribution in [3.05, 3.63) is 0 Å². The summed E-state index contributed by atoms with van der Waals surface area (Å²) in [5.74, 6) is 0. The van der Waals surface area contributed by atoms with Gasteiger partial charge in [0.15, 0.2) is 0 Å². The highest BCUT2D eigenvalue weighted by molar-refractivity contribution is 4.92. The van der Waals surface area contributed by atoms with E-state index in [0.29, 0.717) is 11.1 Å². The third kappa shape index (κ3) is 3.71. The summed E-state index contributed by atoms with van der Waals surface area (Å²) in [5.41, 5.74) is 0.668. The highest BCUT2D eigenvalue weighted by Gasteiger charge is 2.35. The van der Waals surface area contributed by atoms with Gasteiger partial charge in [-0.1, -0.05) is 0 Å². The summed E-state index contributed by atoms with van der Waals surface area (Å²) in [6, 6.07) is 0.793. The number of nitrogens with zero attached hydrogens (tertiary/aromatic N) is 3. The van der Waals surface area contributed by atoms with Crippen molar-refractivity contribution < 1.29 is 0 Å².